The molecule has 0 atom stereocenters. The molecule has 2 amide bonds. The van der Waals surface area contributed by atoms with E-state index in [1.165, 1.54) is 0 Å². The summed E-state index contributed by atoms with van der Waals surface area (Å²) in [4.78, 5) is 28.7. The van der Waals surface area contributed by atoms with Crippen LogP contribution in [0.25, 0.3) is 10.2 Å². The maximum Gasteiger partial charge on any atom is 0.224 e. The lowest BCUT2D eigenvalue weighted by atomic mass is 10.2. The van der Waals surface area contributed by atoms with Gasteiger partial charge >= 0.3 is 0 Å². The van der Waals surface area contributed by atoms with Crippen LogP contribution >= 0.6 is 23.1 Å². The number of anilines is 1. The Morgan fingerprint density at radius 2 is 2.13 bits per heavy atom. The van der Waals surface area contributed by atoms with Crippen LogP contribution in [0.1, 0.15) is 25.0 Å². The highest BCUT2D eigenvalue weighted by Crippen LogP contribution is 2.31. The standard InChI is InChI=1S/C22H25N3O4S2/c1-2-10-28-12-13-30-22-25-18-9-8-16(14-19(18)31-22)24-21(27)7-3-6-20(26)23-15-17-5-4-11-29-17/h2,4-5,8-9,11,14H,1,3,6-7,10,12-13,15H2,(H,23,26)(H,24,27). The van der Waals surface area contributed by atoms with Crippen LogP contribution in [-0.2, 0) is 20.9 Å². The first-order chi connectivity index (χ1) is 15.1. The first-order valence-corrected chi connectivity index (χ1v) is 11.7. The third kappa shape index (κ3) is 7.86. The Bertz CT molecular complexity index is 1000. The number of carbonyl (C=O) groups is 2. The van der Waals surface area contributed by atoms with Crippen LogP contribution in [0.3, 0.4) is 0 Å². The van der Waals surface area contributed by atoms with Gasteiger partial charge in [-0.2, -0.15) is 0 Å². The minimum absolute atomic E-state index is 0.102. The molecule has 9 heteroatoms. The molecule has 2 heterocycles. The van der Waals surface area contributed by atoms with Gasteiger partial charge in [-0.1, -0.05) is 17.8 Å². The molecule has 0 bridgehead atoms. The van der Waals surface area contributed by atoms with E-state index in [0.717, 1.165) is 26.0 Å². The summed E-state index contributed by atoms with van der Waals surface area (Å²) in [5, 5.41) is 5.67. The first-order valence-electron chi connectivity index (χ1n) is 9.95. The van der Waals surface area contributed by atoms with Crippen LogP contribution in [0.5, 0.6) is 0 Å². The van der Waals surface area contributed by atoms with E-state index >= 15 is 0 Å². The average molecular weight is 460 g/mol. The van der Waals surface area contributed by atoms with E-state index in [1.807, 2.05) is 18.2 Å². The zero-order valence-corrected chi connectivity index (χ0v) is 18.7. The molecular weight excluding hydrogens is 434 g/mol. The Labute approximate surface area is 189 Å². The number of amides is 2. The fourth-order valence-corrected chi connectivity index (χ4v) is 4.75. The smallest absolute Gasteiger partial charge is 0.224 e. The zero-order valence-electron chi connectivity index (χ0n) is 17.1. The van der Waals surface area contributed by atoms with Gasteiger partial charge in [0.05, 0.1) is 36.2 Å². The van der Waals surface area contributed by atoms with E-state index in [9.17, 15) is 9.59 Å². The highest BCUT2D eigenvalue weighted by molar-refractivity contribution is 8.01. The second-order valence-electron chi connectivity index (χ2n) is 6.63. The zero-order chi connectivity index (χ0) is 21.9. The Morgan fingerprint density at radius 1 is 1.26 bits per heavy atom. The lowest BCUT2D eigenvalue weighted by Gasteiger charge is -2.06. The third-order valence-corrected chi connectivity index (χ3v) is 6.31. The summed E-state index contributed by atoms with van der Waals surface area (Å²) in [5.74, 6) is 1.31. The molecular formula is C22H25N3O4S2. The Hall–Kier alpha value is -2.62. The number of hydrogen-bond acceptors (Lipinski definition) is 7. The van der Waals surface area contributed by atoms with Crippen molar-refractivity contribution in [2.45, 2.75) is 30.1 Å². The molecule has 0 aliphatic carbocycles. The highest BCUT2D eigenvalue weighted by atomic mass is 32.2. The molecule has 0 saturated heterocycles. The van der Waals surface area contributed by atoms with Crippen LogP contribution in [0.4, 0.5) is 5.69 Å². The summed E-state index contributed by atoms with van der Waals surface area (Å²) in [6, 6.07) is 9.25. The fraction of sp³-hybridized carbons (Fsp3) is 0.318. The number of fused-ring (bicyclic) bond motifs is 1. The number of thiazole rings is 1. The van der Waals surface area contributed by atoms with Gasteiger partial charge in [-0.3, -0.25) is 9.59 Å². The van der Waals surface area contributed by atoms with Gasteiger partial charge in [0, 0.05) is 24.3 Å². The highest BCUT2D eigenvalue weighted by Gasteiger charge is 2.09. The summed E-state index contributed by atoms with van der Waals surface area (Å²) >= 11 is 3.24. The molecule has 2 aromatic heterocycles. The number of thioether (sulfide) groups is 1. The lowest BCUT2D eigenvalue weighted by Crippen LogP contribution is -2.22. The van der Waals surface area contributed by atoms with E-state index in [0.29, 0.717) is 38.4 Å². The van der Waals surface area contributed by atoms with Crippen molar-refractivity contribution in [3.8, 4) is 0 Å². The molecule has 164 valence electrons. The Morgan fingerprint density at radius 3 is 2.94 bits per heavy atom. The topological polar surface area (TPSA) is 93.5 Å². The molecule has 0 aliphatic rings. The van der Waals surface area contributed by atoms with Crippen LogP contribution in [0.15, 0.2) is 58.0 Å². The van der Waals surface area contributed by atoms with Crippen molar-refractivity contribution in [3.05, 3.63) is 55.0 Å². The van der Waals surface area contributed by atoms with Gasteiger partial charge in [0.1, 0.15) is 5.76 Å². The van der Waals surface area contributed by atoms with E-state index < -0.39 is 0 Å². The number of furan rings is 1. The van der Waals surface area contributed by atoms with Crippen molar-refractivity contribution >= 4 is 50.8 Å². The fourth-order valence-electron chi connectivity index (χ4n) is 2.72. The molecule has 0 fully saturated rings. The quantitative estimate of drug-likeness (QED) is 0.220. The number of nitrogens with zero attached hydrogens (tertiary/aromatic N) is 1. The normalized spacial score (nSPS) is 10.8. The molecule has 7 nitrogen and oxygen atoms in total. The largest absolute Gasteiger partial charge is 0.467 e. The van der Waals surface area contributed by atoms with Gasteiger partial charge in [-0.15, -0.1) is 17.9 Å². The van der Waals surface area contributed by atoms with Gasteiger partial charge in [0.15, 0.2) is 4.34 Å². The summed E-state index contributed by atoms with van der Waals surface area (Å²) in [7, 11) is 0. The van der Waals surface area contributed by atoms with Crippen molar-refractivity contribution in [2.24, 2.45) is 0 Å². The molecule has 0 spiro atoms. The van der Waals surface area contributed by atoms with Gasteiger partial charge in [0.2, 0.25) is 11.8 Å². The van der Waals surface area contributed by atoms with Crippen molar-refractivity contribution < 1.29 is 18.7 Å². The van der Waals surface area contributed by atoms with Crippen LogP contribution in [0.2, 0.25) is 0 Å². The van der Waals surface area contributed by atoms with E-state index in [-0.39, 0.29) is 18.2 Å². The molecule has 0 radical (unpaired) electrons. The van der Waals surface area contributed by atoms with Crippen molar-refractivity contribution in [1.82, 2.24) is 10.3 Å². The van der Waals surface area contributed by atoms with E-state index in [2.05, 4.69) is 22.2 Å². The Kier molecular flexibility index (Phi) is 9.14. The first kappa shape index (κ1) is 23.1. The minimum Gasteiger partial charge on any atom is -0.467 e. The molecule has 0 aliphatic heterocycles. The van der Waals surface area contributed by atoms with Gasteiger partial charge < -0.3 is 19.8 Å². The van der Waals surface area contributed by atoms with Crippen LogP contribution in [-0.4, -0.2) is 35.8 Å². The summed E-state index contributed by atoms with van der Waals surface area (Å²) in [6.07, 6.45) is 4.35. The van der Waals surface area contributed by atoms with E-state index in [1.54, 1.807) is 47.6 Å². The van der Waals surface area contributed by atoms with Gasteiger partial charge in [-0.05, 0) is 36.8 Å². The summed E-state index contributed by atoms with van der Waals surface area (Å²) in [6.45, 7) is 5.18. The monoisotopic (exact) mass is 459 g/mol. The molecule has 31 heavy (non-hydrogen) atoms. The van der Waals surface area contributed by atoms with Crippen molar-refractivity contribution in [1.29, 1.82) is 0 Å². The number of rotatable bonds is 13. The molecule has 0 unspecified atom stereocenters. The van der Waals surface area contributed by atoms with Crippen molar-refractivity contribution in [2.75, 3.05) is 24.3 Å². The minimum atomic E-state index is -0.114. The predicted octanol–water partition coefficient (Wildman–Crippen LogP) is 4.61. The number of hydrogen-bond donors (Lipinski definition) is 2. The maximum atomic E-state index is 12.2. The molecule has 3 rings (SSSR count). The maximum absolute atomic E-state index is 12.2. The summed E-state index contributed by atoms with van der Waals surface area (Å²) in [5.41, 5.74) is 1.64. The third-order valence-electron chi connectivity index (χ3n) is 4.19. The SMILES string of the molecule is C=CCOCCSc1nc2ccc(NC(=O)CCCC(=O)NCc3ccco3)cc2s1. The second kappa shape index (κ2) is 12.3. The molecule has 1 aromatic carbocycles. The molecule has 2 N–H and O–H groups in total. The number of benzene rings is 1. The number of carbonyl (C=O) groups excluding carboxylic acids is 2. The van der Waals surface area contributed by atoms with Gasteiger partial charge in [0.25, 0.3) is 0 Å². The molecule has 0 saturated carbocycles. The predicted molar refractivity (Wildman–Crippen MR) is 124 cm³/mol. The number of aromatic nitrogens is 1. The van der Waals surface area contributed by atoms with Gasteiger partial charge in [-0.25, -0.2) is 4.98 Å². The van der Waals surface area contributed by atoms with E-state index in [4.69, 9.17) is 9.15 Å². The second-order valence-corrected chi connectivity index (χ2v) is 9.00. The Balaban J connectivity index is 1.39. The van der Waals surface area contributed by atoms with Crippen LogP contribution < -0.4 is 10.6 Å². The number of nitrogens with one attached hydrogen (secondary N) is 2. The summed E-state index contributed by atoms with van der Waals surface area (Å²) < 4.78 is 12.5. The molecule has 3 aromatic rings. The lowest BCUT2D eigenvalue weighted by molar-refractivity contribution is -0.121. The van der Waals surface area contributed by atoms with Crippen molar-refractivity contribution in [3.63, 3.8) is 0 Å². The number of ether oxygens (including phenoxy) is 1. The average Bonchev–Trinajstić information content (AvgIpc) is 3.41. The van der Waals surface area contributed by atoms with Crippen LogP contribution in [0, 0.1) is 0 Å².